The molecule has 4 nitrogen and oxygen atoms in total. The van der Waals surface area contributed by atoms with Crippen LogP contribution in [-0.4, -0.2) is 53.7 Å². The molecule has 0 aliphatic carbocycles. The van der Waals surface area contributed by atoms with Crippen molar-refractivity contribution in [3.8, 4) is 0 Å². The third-order valence-electron chi connectivity index (χ3n) is 5.01. The number of nitrogens with zero attached hydrogens (tertiary/aromatic N) is 1. The Morgan fingerprint density at radius 3 is 2.04 bits per heavy atom. The molecule has 144 valence electrons. The lowest BCUT2D eigenvalue weighted by atomic mass is 10.4. The predicted molar refractivity (Wildman–Crippen MR) is 109 cm³/mol. The maximum Gasteiger partial charge on any atom is 0.306 e. The number of hydrogen-bond acceptors (Lipinski definition) is 4. The summed E-state index contributed by atoms with van der Waals surface area (Å²) in [5.41, 5.74) is 0. The van der Waals surface area contributed by atoms with Crippen molar-refractivity contribution in [2.24, 2.45) is 0 Å². The van der Waals surface area contributed by atoms with Crippen LogP contribution in [0.25, 0.3) is 0 Å². The molecular formula is C18H41NO3Si2. The topological polar surface area (TPSA) is 38.8 Å². The van der Waals surface area contributed by atoms with Gasteiger partial charge in [0.15, 0.2) is 8.32 Å². The number of carbonyl (C=O) groups excluding carboxylic acids is 1. The highest BCUT2D eigenvalue weighted by atomic mass is 28.4. The Morgan fingerprint density at radius 2 is 1.58 bits per heavy atom. The summed E-state index contributed by atoms with van der Waals surface area (Å²) in [4.78, 5) is 14.6. The minimum absolute atomic E-state index is 0.0206. The summed E-state index contributed by atoms with van der Waals surface area (Å²) in [6.45, 7) is 18.5. The zero-order chi connectivity index (χ0) is 18.6. The van der Waals surface area contributed by atoms with E-state index in [1.807, 2.05) is 0 Å². The molecule has 0 amide bonds. The molecule has 0 N–H and O–H groups in total. The first-order valence-electron chi connectivity index (χ1n) is 9.86. The number of rotatable bonds is 14. The molecular weight excluding hydrogens is 334 g/mol. The van der Waals surface area contributed by atoms with Gasteiger partial charge in [0.1, 0.15) is 0 Å². The third kappa shape index (κ3) is 9.34. The summed E-state index contributed by atoms with van der Waals surface area (Å²) in [5, 5.41) is 0. The smallest absolute Gasteiger partial charge is 0.306 e. The van der Waals surface area contributed by atoms with Crippen molar-refractivity contribution in [2.45, 2.75) is 84.7 Å². The largest absolute Gasteiger partial charge is 0.518 e. The zero-order valence-corrected chi connectivity index (χ0v) is 19.2. The van der Waals surface area contributed by atoms with Crippen LogP contribution in [0.2, 0.25) is 37.3 Å². The van der Waals surface area contributed by atoms with Gasteiger partial charge >= 0.3 is 5.97 Å². The molecule has 0 bridgehead atoms. The molecule has 0 spiro atoms. The lowest BCUT2D eigenvalue weighted by Gasteiger charge is -2.29. The van der Waals surface area contributed by atoms with Crippen molar-refractivity contribution in [1.82, 2.24) is 4.90 Å². The van der Waals surface area contributed by atoms with Gasteiger partial charge in [0.05, 0.1) is 6.54 Å². The molecule has 0 aliphatic heterocycles. The third-order valence-corrected chi connectivity index (χ3v) is 12.1. The van der Waals surface area contributed by atoms with Gasteiger partial charge in [-0.3, -0.25) is 9.69 Å². The van der Waals surface area contributed by atoms with E-state index in [1.165, 1.54) is 0 Å². The summed E-state index contributed by atoms with van der Waals surface area (Å²) in [6.07, 6.45) is 2.18. The zero-order valence-electron chi connectivity index (χ0n) is 17.2. The maximum absolute atomic E-state index is 12.4. The van der Waals surface area contributed by atoms with Crippen LogP contribution in [0.15, 0.2) is 0 Å². The molecule has 0 radical (unpaired) electrons. The average molecular weight is 376 g/mol. The van der Waals surface area contributed by atoms with E-state index < -0.39 is 16.6 Å². The van der Waals surface area contributed by atoms with E-state index in [4.69, 9.17) is 8.85 Å². The van der Waals surface area contributed by atoms with Gasteiger partial charge in [-0.1, -0.05) is 34.6 Å². The summed E-state index contributed by atoms with van der Waals surface area (Å²) in [7, 11) is -3.36. The molecule has 0 saturated heterocycles. The molecule has 0 aliphatic rings. The van der Waals surface area contributed by atoms with Gasteiger partial charge in [-0.25, -0.2) is 0 Å². The molecule has 0 aromatic rings. The summed E-state index contributed by atoms with van der Waals surface area (Å²) in [6, 6.07) is 4.21. The van der Waals surface area contributed by atoms with Crippen molar-refractivity contribution >= 4 is 22.6 Å². The fourth-order valence-corrected chi connectivity index (χ4v) is 7.34. The Bertz CT molecular complexity index is 339. The van der Waals surface area contributed by atoms with Gasteiger partial charge in [-0.05, 0) is 63.2 Å². The molecule has 24 heavy (non-hydrogen) atoms. The van der Waals surface area contributed by atoms with E-state index in [9.17, 15) is 4.79 Å². The lowest BCUT2D eigenvalue weighted by Crippen LogP contribution is -2.42. The van der Waals surface area contributed by atoms with Gasteiger partial charge in [0.2, 0.25) is 0 Å². The van der Waals surface area contributed by atoms with E-state index in [2.05, 4.69) is 52.6 Å². The number of carbonyl (C=O) groups is 1. The van der Waals surface area contributed by atoms with Gasteiger partial charge in [0, 0.05) is 6.61 Å². The van der Waals surface area contributed by atoms with Gasteiger partial charge in [-0.2, -0.15) is 0 Å². The van der Waals surface area contributed by atoms with E-state index >= 15 is 0 Å². The molecule has 0 aromatic heterocycles. The van der Waals surface area contributed by atoms with E-state index in [0.29, 0.717) is 6.54 Å². The Kier molecular flexibility index (Phi) is 12.1. The Hall–Kier alpha value is -0.176. The van der Waals surface area contributed by atoms with Crippen molar-refractivity contribution in [1.29, 1.82) is 0 Å². The van der Waals surface area contributed by atoms with Crippen LogP contribution in [0.4, 0.5) is 0 Å². The molecule has 0 aromatic carbocycles. The second-order valence-electron chi connectivity index (χ2n) is 7.30. The molecule has 6 heteroatoms. The average Bonchev–Trinajstić information content (AvgIpc) is 2.57. The molecule has 0 unspecified atom stereocenters. The summed E-state index contributed by atoms with van der Waals surface area (Å²) < 4.78 is 12.0. The summed E-state index contributed by atoms with van der Waals surface area (Å²) in [5.74, 6) is -0.0206. The highest BCUT2D eigenvalue weighted by Gasteiger charge is 2.33. The number of likely N-dealkylation sites (N-methyl/N-ethyl adjacent to an activating group) is 1. The van der Waals surface area contributed by atoms with Crippen molar-refractivity contribution in [3.05, 3.63) is 0 Å². The summed E-state index contributed by atoms with van der Waals surface area (Å²) >= 11 is 0. The monoisotopic (exact) mass is 375 g/mol. The van der Waals surface area contributed by atoms with Crippen LogP contribution in [-0.2, 0) is 13.6 Å². The first-order valence-corrected chi connectivity index (χ1v) is 15.5. The van der Waals surface area contributed by atoms with E-state index in [-0.39, 0.29) is 5.97 Å². The van der Waals surface area contributed by atoms with Crippen LogP contribution in [0.5, 0.6) is 0 Å². The first kappa shape index (κ1) is 23.8. The molecule has 0 heterocycles. The van der Waals surface area contributed by atoms with Crippen molar-refractivity contribution in [3.63, 3.8) is 0 Å². The SMILES string of the molecule is CCCO[Si](C)(C)CCCN(CC)CC(=O)O[Si](CC)(CC)CC. The Labute approximate surface area is 152 Å². The van der Waals surface area contributed by atoms with Crippen LogP contribution in [0.1, 0.15) is 47.5 Å². The first-order chi connectivity index (χ1) is 11.3. The second-order valence-corrected chi connectivity index (χ2v) is 16.3. The Morgan fingerprint density at radius 1 is 1.00 bits per heavy atom. The highest BCUT2D eigenvalue weighted by Crippen LogP contribution is 2.22. The molecule has 0 fully saturated rings. The van der Waals surface area contributed by atoms with Gasteiger partial charge in [-0.15, -0.1) is 0 Å². The van der Waals surface area contributed by atoms with Crippen molar-refractivity contribution < 1.29 is 13.6 Å². The fraction of sp³-hybridized carbons (Fsp3) is 0.944. The lowest BCUT2D eigenvalue weighted by molar-refractivity contribution is -0.136. The Balaban J connectivity index is 4.33. The predicted octanol–water partition coefficient (Wildman–Crippen LogP) is 4.88. The minimum Gasteiger partial charge on any atom is -0.518 e. The van der Waals surface area contributed by atoms with Crippen molar-refractivity contribution in [2.75, 3.05) is 26.2 Å². The minimum atomic E-state index is -1.83. The maximum atomic E-state index is 12.4. The van der Waals surface area contributed by atoms with E-state index in [1.54, 1.807) is 0 Å². The fourth-order valence-electron chi connectivity index (χ4n) is 2.95. The molecule has 0 rings (SSSR count). The van der Waals surface area contributed by atoms with Gasteiger partial charge in [0.25, 0.3) is 8.32 Å². The van der Waals surface area contributed by atoms with Crippen LogP contribution in [0.3, 0.4) is 0 Å². The van der Waals surface area contributed by atoms with Crippen LogP contribution < -0.4 is 0 Å². The van der Waals surface area contributed by atoms with E-state index in [0.717, 1.165) is 56.7 Å². The van der Waals surface area contributed by atoms with Crippen LogP contribution >= 0.6 is 0 Å². The molecule has 0 saturated carbocycles. The molecule has 0 atom stereocenters. The standard InChI is InChI=1S/C18H41NO3Si2/c1-8-15-21-23(6,7)16-13-14-19(9-2)17-18(20)22-24(10-3,11-4)12-5/h8-17H2,1-7H3. The quantitative estimate of drug-likeness (QED) is 0.406. The second kappa shape index (κ2) is 12.2. The van der Waals surface area contributed by atoms with Crippen LogP contribution in [0, 0.1) is 0 Å². The normalized spacial score (nSPS) is 12.7. The van der Waals surface area contributed by atoms with Gasteiger partial charge < -0.3 is 8.85 Å². The highest BCUT2D eigenvalue weighted by molar-refractivity contribution is 6.75. The number of hydrogen-bond donors (Lipinski definition) is 0.